The molecule has 0 aromatic heterocycles. The van der Waals surface area contributed by atoms with Crippen molar-refractivity contribution in [3.8, 4) is 0 Å². The van der Waals surface area contributed by atoms with Crippen LogP contribution in [0.1, 0.15) is 64.2 Å². The Kier molecular flexibility index (Phi) is 4.41. The van der Waals surface area contributed by atoms with E-state index in [9.17, 15) is 9.59 Å². The van der Waals surface area contributed by atoms with Gasteiger partial charge in [-0.05, 0) is 25.7 Å². The van der Waals surface area contributed by atoms with Crippen LogP contribution < -0.4 is 0 Å². The summed E-state index contributed by atoms with van der Waals surface area (Å²) in [5, 5.41) is 0. The van der Waals surface area contributed by atoms with E-state index in [1.807, 2.05) is 0 Å². The molecule has 2 rings (SSSR count). The van der Waals surface area contributed by atoms with Gasteiger partial charge in [-0.3, -0.25) is 9.59 Å². The Bertz CT molecular complexity index is 308. The van der Waals surface area contributed by atoms with Crippen LogP contribution in [0.5, 0.6) is 0 Å². The van der Waals surface area contributed by atoms with Gasteiger partial charge in [-0.15, -0.1) is 0 Å². The number of methoxy groups -OCH3 is 1. The lowest BCUT2D eigenvalue weighted by molar-refractivity contribution is -0.160. The maximum absolute atomic E-state index is 12.8. The van der Waals surface area contributed by atoms with Crippen LogP contribution in [0, 0.1) is 11.3 Å². The molecular formula is C15H24O3. The molecule has 102 valence electrons. The summed E-state index contributed by atoms with van der Waals surface area (Å²) < 4.78 is 4.97. The van der Waals surface area contributed by atoms with Crippen molar-refractivity contribution in [1.29, 1.82) is 0 Å². The minimum Gasteiger partial charge on any atom is -0.468 e. The van der Waals surface area contributed by atoms with E-state index >= 15 is 0 Å². The second kappa shape index (κ2) is 5.85. The van der Waals surface area contributed by atoms with Gasteiger partial charge in [-0.25, -0.2) is 0 Å². The molecule has 3 nitrogen and oxygen atoms in total. The fourth-order valence-electron chi connectivity index (χ4n) is 3.66. The van der Waals surface area contributed by atoms with E-state index in [1.54, 1.807) is 0 Å². The van der Waals surface area contributed by atoms with E-state index in [4.69, 9.17) is 4.74 Å². The van der Waals surface area contributed by atoms with Crippen LogP contribution in [0.3, 0.4) is 0 Å². The Balaban J connectivity index is 2.22. The van der Waals surface area contributed by atoms with Gasteiger partial charge in [0.25, 0.3) is 0 Å². The number of ether oxygens (including phenoxy) is 1. The lowest BCUT2D eigenvalue weighted by Crippen LogP contribution is -2.43. The highest BCUT2D eigenvalue weighted by Crippen LogP contribution is 2.42. The maximum Gasteiger partial charge on any atom is 0.319 e. The summed E-state index contributed by atoms with van der Waals surface area (Å²) in [5.74, 6) is 0.0252. The summed E-state index contributed by atoms with van der Waals surface area (Å²) in [6.07, 6.45) is 9.84. The number of Topliss-reactive ketones (excluding diaryl/α,β-unsaturated/α-hetero) is 1. The molecule has 18 heavy (non-hydrogen) atoms. The van der Waals surface area contributed by atoms with Crippen molar-refractivity contribution in [3.05, 3.63) is 0 Å². The van der Waals surface area contributed by atoms with Crippen molar-refractivity contribution in [3.63, 3.8) is 0 Å². The van der Waals surface area contributed by atoms with Gasteiger partial charge in [0.1, 0.15) is 5.41 Å². The van der Waals surface area contributed by atoms with Gasteiger partial charge in [0.2, 0.25) is 0 Å². The van der Waals surface area contributed by atoms with Crippen LogP contribution in [0.15, 0.2) is 0 Å². The highest BCUT2D eigenvalue weighted by Gasteiger charge is 2.49. The molecule has 0 atom stereocenters. The molecule has 0 saturated heterocycles. The Labute approximate surface area is 109 Å². The van der Waals surface area contributed by atoms with Gasteiger partial charge in [0.15, 0.2) is 5.78 Å². The zero-order chi connectivity index (χ0) is 13.0. The van der Waals surface area contributed by atoms with E-state index in [-0.39, 0.29) is 17.7 Å². The maximum atomic E-state index is 12.8. The lowest BCUT2D eigenvalue weighted by Gasteiger charge is -2.30. The van der Waals surface area contributed by atoms with Crippen LogP contribution in [0.2, 0.25) is 0 Å². The van der Waals surface area contributed by atoms with Crippen molar-refractivity contribution in [2.45, 2.75) is 64.2 Å². The Morgan fingerprint density at radius 3 is 2.00 bits per heavy atom. The molecule has 0 bridgehead atoms. The fraction of sp³-hybridized carbons (Fsp3) is 0.867. The van der Waals surface area contributed by atoms with E-state index in [1.165, 1.54) is 7.11 Å². The smallest absolute Gasteiger partial charge is 0.319 e. The van der Waals surface area contributed by atoms with E-state index < -0.39 is 5.41 Å². The Morgan fingerprint density at radius 1 is 0.944 bits per heavy atom. The molecule has 0 aliphatic heterocycles. The molecule has 0 amide bonds. The van der Waals surface area contributed by atoms with Gasteiger partial charge < -0.3 is 4.74 Å². The Hall–Kier alpha value is -0.860. The monoisotopic (exact) mass is 252 g/mol. The summed E-state index contributed by atoms with van der Waals surface area (Å²) in [6, 6.07) is 0. The molecule has 0 aromatic carbocycles. The standard InChI is InChI=1S/C15H24O3/c1-18-14(17)15(10-6-2-3-7-11-15)13(16)12-8-4-5-9-12/h12H,2-11H2,1H3. The third kappa shape index (κ3) is 2.45. The second-order valence-electron chi connectivity index (χ2n) is 5.83. The van der Waals surface area contributed by atoms with Crippen LogP contribution in [-0.2, 0) is 14.3 Å². The molecule has 2 fully saturated rings. The van der Waals surface area contributed by atoms with Gasteiger partial charge in [0, 0.05) is 5.92 Å². The highest BCUT2D eigenvalue weighted by atomic mass is 16.5. The molecule has 0 N–H and O–H groups in total. The van der Waals surface area contributed by atoms with Crippen LogP contribution in [0.4, 0.5) is 0 Å². The first-order chi connectivity index (χ1) is 8.70. The molecule has 0 heterocycles. The third-order valence-electron chi connectivity index (χ3n) is 4.73. The quantitative estimate of drug-likeness (QED) is 0.440. The fourth-order valence-corrected chi connectivity index (χ4v) is 3.66. The number of esters is 1. The summed E-state index contributed by atoms with van der Waals surface area (Å²) in [7, 11) is 1.41. The van der Waals surface area contributed by atoms with Crippen LogP contribution in [0.25, 0.3) is 0 Å². The molecule has 2 saturated carbocycles. The number of rotatable bonds is 3. The molecular weight excluding hydrogens is 228 g/mol. The van der Waals surface area contributed by atoms with Crippen molar-refractivity contribution in [1.82, 2.24) is 0 Å². The normalized spacial score (nSPS) is 24.5. The minimum atomic E-state index is -0.805. The first-order valence-electron chi connectivity index (χ1n) is 7.33. The average molecular weight is 252 g/mol. The Morgan fingerprint density at radius 2 is 1.50 bits per heavy atom. The predicted octanol–water partition coefficient (Wildman–Crippen LogP) is 3.26. The van der Waals surface area contributed by atoms with E-state index in [0.717, 1.165) is 51.4 Å². The number of hydrogen-bond acceptors (Lipinski definition) is 3. The molecule has 0 aromatic rings. The van der Waals surface area contributed by atoms with Crippen LogP contribution in [-0.4, -0.2) is 18.9 Å². The predicted molar refractivity (Wildman–Crippen MR) is 69.1 cm³/mol. The molecule has 0 unspecified atom stereocenters. The lowest BCUT2D eigenvalue weighted by atomic mass is 9.72. The molecule has 2 aliphatic carbocycles. The number of carbonyl (C=O) groups is 2. The molecule has 0 spiro atoms. The topological polar surface area (TPSA) is 43.4 Å². The molecule has 3 heteroatoms. The van der Waals surface area contributed by atoms with E-state index in [0.29, 0.717) is 12.8 Å². The van der Waals surface area contributed by atoms with Gasteiger partial charge in [0.05, 0.1) is 7.11 Å². The SMILES string of the molecule is COC(=O)C1(C(=O)C2CCCC2)CCCCCC1. The van der Waals surface area contributed by atoms with Gasteiger partial charge in [-0.1, -0.05) is 38.5 Å². The number of hydrogen-bond donors (Lipinski definition) is 0. The van der Waals surface area contributed by atoms with Crippen molar-refractivity contribution in [2.24, 2.45) is 11.3 Å². The molecule has 2 aliphatic rings. The summed E-state index contributed by atoms with van der Waals surface area (Å²) in [6.45, 7) is 0. The third-order valence-corrected chi connectivity index (χ3v) is 4.73. The second-order valence-corrected chi connectivity index (χ2v) is 5.83. The van der Waals surface area contributed by atoms with Gasteiger partial charge >= 0.3 is 5.97 Å². The summed E-state index contributed by atoms with van der Waals surface area (Å²) in [4.78, 5) is 25.0. The zero-order valence-corrected chi connectivity index (χ0v) is 11.4. The van der Waals surface area contributed by atoms with Gasteiger partial charge in [-0.2, -0.15) is 0 Å². The zero-order valence-electron chi connectivity index (χ0n) is 11.4. The molecule has 0 radical (unpaired) electrons. The minimum absolute atomic E-state index is 0.113. The van der Waals surface area contributed by atoms with Crippen molar-refractivity contribution >= 4 is 11.8 Å². The summed E-state index contributed by atoms with van der Waals surface area (Å²) in [5.41, 5.74) is -0.805. The first kappa shape index (κ1) is 13.6. The number of carbonyl (C=O) groups excluding carboxylic acids is 2. The van der Waals surface area contributed by atoms with E-state index in [2.05, 4.69) is 0 Å². The largest absolute Gasteiger partial charge is 0.468 e. The highest BCUT2D eigenvalue weighted by molar-refractivity contribution is 6.04. The average Bonchev–Trinajstić information content (AvgIpc) is 2.81. The first-order valence-corrected chi connectivity index (χ1v) is 7.33. The number of ketones is 1. The van der Waals surface area contributed by atoms with Crippen LogP contribution >= 0.6 is 0 Å². The van der Waals surface area contributed by atoms with Crippen molar-refractivity contribution in [2.75, 3.05) is 7.11 Å². The summed E-state index contributed by atoms with van der Waals surface area (Å²) >= 11 is 0. The van der Waals surface area contributed by atoms with Crippen molar-refractivity contribution < 1.29 is 14.3 Å².